The molecule has 0 atom stereocenters. The molecule has 0 aliphatic rings. The maximum atomic E-state index is 10.6. The van der Waals surface area contributed by atoms with Gasteiger partial charge in [0.05, 0.1) is 9.95 Å². The third kappa shape index (κ3) is 1.13. The lowest BCUT2D eigenvalue weighted by molar-refractivity contribution is -0.385. The van der Waals surface area contributed by atoms with Crippen molar-refractivity contribution < 1.29 is 4.92 Å². The van der Waals surface area contributed by atoms with Crippen LogP contribution >= 0.6 is 11.6 Å². The van der Waals surface area contributed by atoms with Crippen LogP contribution in [0.15, 0.2) is 12.4 Å². The first-order chi connectivity index (χ1) is 6.61. The molecule has 72 valence electrons. The van der Waals surface area contributed by atoms with Gasteiger partial charge in [-0.05, 0) is 6.92 Å². The summed E-state index contributed by atoms with van der Waals surface area (Å²) in [5, 5.41) is 11.7. The number of hydrogen-bond acceptors (Lipinski definition) is 3. The summed E-state index contributed by atoms with van der Waals surface area (Å²) in [6, 6.07) is 0. The lowest BCUT2D eigenvalue weighted by Crippen LogP contribution is -1.93. The lowest BCUT2D eigenvalue weighted by atomic mass is 10.2. The molecule has 0 amide bonds. The molecule has 0 aliphatic carbocycles. The van der Waals surface area contributed by atoms with E-state index in [1.54, 1.807) is 13.1 Å². The van der Waals surface area contributed by atoms with Gasteiger partial charge in [0.15, 0.2) is 0 Å². The van der Waals surface area contributed by atoms with E-state index in [0.29, 0.717) is 21.6 Å². The SMILES string of the molecule is Cc1c([N+](=O)[O-])cnc2[nH]cc(Cl)c12. The largest absolute Gasteiger partial charge is 0.345 e. The van der Waals surface area contributed by atoms with Crippen molar-refractivity contribution in [2.24, 2.45) is 0 Å². The Morgan fingerprint density at radius 3 is 3.00 bits per heavy atom. The average Bonchev–Trinajstić information content (AvgIpc) is 2.48. The van der Waals surface area contributed by atoms with Gasteiger partial charge in [0.25, 0.3) is 5.69 Å². The molecule has 1 N–H and O–H groups in total. The fourth-order valence-electron chi connectivity index (χ4n) is 1.38. The zero-order valence-electron chi connectivity index (χ0n) is 7.24. The summed E-state index contributed by atoms with van der Waals surface area (Å²) < 4.78 is 0. The second kappa shape index (κ2) is 2.95. The van der Waals surface area contributed by atoms with Gasteiger partial charge in [-0.2, -0.15) is 0 Å². The monoisotopic (exact) mass is 211 g/mol. The van der Waals surface area contributed by atoms with E-state index in [1.165, 1.54) is 6.20 Å². The van der Waals surface area contributed by atoms with Crippen molar-refractivity contribution in [3.63, 3.8) is 0 Å². The number of nitrogens with one attached hydrogen (secondary N) is 1. The van der Waals surface area contributed by atoms with Crippen LogP contribution in [-0.2, 0) is 0 Å². The van der Waals surface area contributed by atoms with Gasteiger partial charge in [-0.1, -0.05) is 11.6 Å². The number of halogens is 1. The quantitative estimate of drug-likeness (QED) is 0.582. The van der Waals surface area contributed by atoms with Crippen LogP contribution in [0, 0.1) is 17.0 Å². The van der Waals surface area contributed by atoms with E-state index < -0.39 is 4.92 Å². The zero-order valence-corrected chi connectivity index (χ0v) is 8.00. The van der Waals surface area contributed by atoms with Gasteiger partial charge in [0, 0.05) is 17.1 Å². The molecule has 0 spiro atoms. The summed E-state index contributed by atoms with van der Waals surface area (Å²) in [7, 11) is 0. The van der Waals surface area contributed by atoms with Crippen LogP contribution in [0.2, 0.25) is 5.02 Å². The topological polar surface area (TPSA) is 71.8 Å². The molecule has 6 heteroatoms. The van der Waals surface area contributed by atoms with E-state index in [2.05, 4.69) is 9.97 Å². The second-order valence-electron chi connectivity index (χ2n) is 2.89. The Kier molecular flexibility index (Phi) is 1.89. The molecule has 2 rings (SSSR count). The molecule has 0 saturated carbocycles. The number of hydrogen-bond donors (Lipinski definition) is 1. The van der Waals surface area contributed by atoms with Crippen molar-refractivity contribution >= 4 is 28.3 Å². The van der Waals surface area contributed by atoms with Crippen LogP contribution < -0.4 is 0 Å². The third-order valence-electron chi connectivity index (χ3n) is 2.08. The Labute approximate surface area is 83.9 Å². The fraction of sp³-hybridized carbons (Fsp3) is 0.125. The summed E-state index contributed by atoms with van der Waals surface area (Å²) >= 11 is 5.86. The van der Waals surface area contributed by atoms with E-state index in [0.717, 1.165) is 0 Å². The molecule has 0 aliphatic heterocycles. The van der Waals surface area contributed by atoms with Gasteiger partial charge in [-0.15, -0.1) is 0 Å². The summed E-state index contributed by atoms with van der Waals surface area (Å²) in [5.74, 6) is 0. The van der Waals surface area contributed by atoms with Gasteiger partial charge in [-0.25, -0.2) is 4.98 Å². The Balaban J connectivity index is 2.86. The highest BCUT2D eigenvalue weighted by atomic mass is 35.5. The Bertz CT molecular complexity index is 521. The molecule has 14 heavy (non-hydrogen) atoms. The van der Waals surface area contributed by atoms with Crippen molar-refractivity contribution in [2.45, 2.75) is 6.92 Å². The van der Waals surface area contributed by atoms with Crippen LogP contribution in [0.5, 0.6) is 0 Å². The summed E-state index contributed by atoms with van der Waals surface area (Å²) in [6.07, 6.45) is 2.79. The average molecular weight is 212 g/mol. The number of rotatable bonds is 1. The highest BCUT2D eigenvalue weighted by molar-refractivity contribution is 6.35. The molecule has 0 unspecified atom stereocenters. The molecule has 0 radical (unpaired) electrons. The number of aryl methyl sites for hydroxylation is 1. The summed E-state index contributed by atoms with van der Waals surface area (Å²) in [4.78, 5) is 16.9. The fourth-order valence-corrected chi connectivity index (χ4v) is 1.67. The third-order valence-corrected chi connectivity index (χ3v) is 2.38. The summed E-state index contributed by atoms with van der Waals surface area (Å²) in [5.41, 5.74) is 1.09. The molecule has 0 bridgehead atoms. The standard InChI is InChI=1S/C8H6ClN3O2/c1-4-6(12(13)14)3-11-8-7(4)5(9)2-10-8/h2-3H,1H3,(H,10,11). The molecule has 2 aromatic heterocycles. The van der Waals surface area contributed by atoms with Crippen molar-refractivity contribution in [1.82, 2.24) is 9.97 Å². The van der Waals surface area contributed by atoms with Crippen LogP contribution in [0.1, 0.15) is 5.56 Å². The van der Waals surface area contributed by atoms with Crippen molar-refractivity contribution in [3.8, 4) is 0 Å². The highest BCUT2D eigenvalue weighted by Gasteiger charge is 2.16. The number of nitrogens with zero attached hydrogens (tertiary/aromatic N) is 2. The molecule has 5 nitrogen and oxygen atoms in total. The normalized spacial score (nSPS) is 10.7. The predicted molar refractivity (Wildman–Crippen MR) is 52.5 cm³/mol. The van der Waals surface area contributed by atoms with Gasteiger partial charge < -0.3 is 4.98 Å². The van der Waals surface area contributed by atoms with Crippen LogP contribution in [0.25, 0.3) is 11.0 Å². The highest BCUT2D eigenvalue weighted by Crippen LogP contribution is 2.29. The first-order valence-corrected chi connectivity index (χ1v) is 4.25. The van der Waals surface area contributed by atoms with E-state index in [4.69, 9.17) is 11.6 Å². The van der Waals surface area contributed by atoms with Gasteiger partial charge >= 0.3 is 0 Å². The number of aromatic amines is 1. The molecular weight excluding hydrogens is 206 g/mol. The van der Waals surface area contributed by atoms with Crippen molar-refractivity contribution in [1.29, 1.82) is 0 Å². The number of aromatic nitrogens is 2. The maximum absolute atomic E-state index is 10.6. The van der Waals surface area contributed by atoms with E-state index in [9.17, 15) is 10.1 Å². The van der Waals surface area contributed by atoms with Crippen LogP contribution in [0.4, 0.5) is 5.69 Å². The van der Waals surface area contributed by atoms with Crippen molar-refractivity contribution in [3.05, 3.63) is 33.1 Å². The first-order valence-electron chi connectivity index (χ1n) is 3.88. The van der Waals surface area contributed by atoms with Crippen LogP contribution in [-0.4, -0.2) is 14.9 Å². The minimum atomic E-state index is -0.467. The predicted octanol–water partition coefficient (Wildman–Crippen LogP) is 2.43. The minimum Gasteiger partial charge on any atom is -0.345 e. The van der Waals surface area contributed by atoms with Crippen LogP contribution in [0.3, 0.4) is 0 Å². The molecule has 0 saturated heterocycles. The molecule has 0 aromatic carbocycles. The van der Waals surface area contributed by atoms with Gasteiger partial charge in [-0.3, -0.25) is 10.1 Å². The number of nitro groups is 1. The number of fused-ring (bicyclic) bond motifs is 1. The van der Waals surface area contributed by atoms with Crippen molar-refractivity contribution in [2.75, 3.05) is 0 Å². The molecule has 2 heterocycles. The first kappa shape index (κ1) is 8.96. The van der Waals surface area contributed by atoms with Gasteiger partial charge in [0.1, 0.15) is 11.8 Å². The maximum Gasteiger partial charge on any atom is 0.291 e. The Hall–Kier alpha value is -1.62. The summed E-state index contributed by atoms with van der Waals surface area (Å²) in [6.45, 7) is 1.65. The smallest absolute Gasteiger partial charge is 0.291 e. The number of H-pyrrole nitrogens is 1. The lowest BCUT2D eigenvalue weighted by Gasteiger charge is -1.97. The number of pyridine rings is 1. The second-order valence-corrected chi connectivity index (χ2v) is 3.29. The molecule has 0 fully saturated rings. The Morgan fingerprint density at radius 1 is 1.64 bits per heavy atom. The van der Waals surface area contributed by atoms with E-state index in [1.807, 2.05) is 0 Å². The van der Waals surface area contributed by atoms with E-state index >= 15 is 0 Å². The van der Waals surface area contributed by atoms with Gasteiger partial charge in [0.2, 0.25) is 0 Å². The minimum absolute atomic E-state index is 0.0148. The molecular formula is C8H6ClN3O2. The van der Waals surface area contributed by atoms with E-state index in [-0.39, 0.29) is 5.69 Å². The Morgan fingerprint density at radius 2 is 2.36 bits per heavy atom. The molecule has 2 aromatic rings. The zero-order chi connectivity index (χ0) is 10.3.